The van der Waals surface area contributed by atoms with Crippen molar-refractivity contribution in [3.63, 3.8) is 0 Å². The van der Waals surface area contributed by atoms with Crippen molar-refractivity contribution in [3.05, 3.63) is 30.3 Å². The fraction of sp³-hybridized carbons (Fsp3) is 0.462. The van der Waals surface area contributed by atoms with Gasteiger partial charge in [-0.15, -0.1) is 0 Å². The molecule has 3 heteroatoms. The molecule has 0 saturated heterocycles. The molecular weight excluding hydrogens is 216 g/mol. The Morgan fingerprint density at radius 1 is 1.25 bits per heavy atom. The van der Waals surface area contributed by atoms with Crippen LogP contribution in [0.25, 0.3) is 0 Å². The molecule has 0 saturated carbocycles. The number of anilines is 1. The Hall–Kier alpha value is -1.09. The fourth-order valence-corrected chi connectivity index (χ4v) is 1.86. The van der Waals surface area contributed by atoms with Gasteiger partial charge in [-0.1, -0.05) is 31.5 Å². The van der Waals surface area contributed by atoms with Crippen molar-refractivity contribution in [3.8, 4) is 0 Å². The molecule has 1 N–H and O–H groups in total. The molecule has 0 aliphatic carbocycles. The number of nitrogens with zero attached hydrogens (tertiary/aromatic N) is 1. The van der Waals surface area contributed by atoms with Crippen molar-refractivity contribution in [2.24, 2.45) is 0 Å². The van der Waals surface area contributed by atoms with Crippen LogP contribution < -0.4 is 10.2 Å². The molecule has 0 heterocycles. The van der Waals surface area contributed by atoms with Gasteiger partial charge < -0.3 is 10.2 Å². The van der Waals surface area contributed by atoms with Crippen LogP contribution in [0.15, 0.2) is 30.3 Å². The third-order valence-corrected chi connectivity index (χ3v) is 2.80. The van der Waals surface area contributed by atoms with Crippen molar-refractivity contribution in [2.75, 3.05) is 18.0 Å². The molecule has 16 heavy (non-hydrogen) atoms. The van der Waals surface area contributed by atoms with E-state index in [9.17, 15) is 0 Å². The molecule has 0 spiro atoms. The summed E-state index contributed by atoms with van der Waals surface area (Å²) in [5.74, 6) is 0. The zero-order valence-corrected chi connectivity index (χ0v) is 10.9. The van der Waals surface area contributed by atoms with Gasteiger partial charge in [-0.3, -0.25) is 0 Å². The summed E-state index contributed by atoms with van der Waals surface area (Å²) in [4.78, 5) is 2.12. The lowest BCUT2D eigenvalue weighted by molar-refractivity contribution is 0.751. The number of unbranched alkanes of at least 4 members (excludes halogenated alkanes) is 1. The molecule has 0 unspecified atom stereocenters. The van der Waals surface area contributed by atoms with Crippen LogP contribution in [0.1, 0.15) is 26.7 Å². The maximum Gasteiger partial charge on any atom is 0.173 e. The number of hydrogen-bond acceptors (Lipinski definition) is 1. The first-order valence-corrected chi connectivity index (χ1v) is 6.30. The van der Waals surface area contributed by atoms with Gasteiger partial charge in [-0.2, -0.15) is 0 Å². The number of thiocarbonyl (C=S) groups is 1. The zero-order chi connectivity index (χ0) is 11.8. The summed E-state index contributed by atoms with van der Waals surface area (Å²) in [6, 6.07) is 10.2. The first kappa shape index (κ1) is 13.0. The topological polar surface area (TPSA) is 15.3 Å². The highest BCUT2D eigenvalue weighted by molar-refractivity contribution is 7.80. The summed E-state index contributed by atoms with van der Waals surface area (Å²) in [7, 11) is 0. The maximum atomic E-state index is 5.38. The fourth-order valence-electron chi connectivity index (χ4n) is 1.52. The summed E-state index contributed by atoms with van der Waals surface area (Å²) in [6.07, 6.45) is 2.35. The predicted octanol–water partition coefficient (Wildman–Crippen LogP) is 3.19. The largest absolute Gasteiger partial charge is 0.362 e. The van der Waals surface area contributed by atoms with E-state index in [4.69, 9.17) is 12.2 Å². The van der Waals surface area contributed by atoms with Crippen LogP contribution in [0, 0.1) is 0 Å². The third kappa shape index (κ3) is 3.81. The molecule has 1 rings (SSSR count). The minimum atomic E-state index is 0.821. The van der Waals surface area contributed by atoms with E-state index in [0.717, 1.165) is 30.3 Å². The standard InChI is InChI=1S/C13H20N2S/c1-3-5-11-14-13(16)15(4-2)12-9-7-6-8-10-12/h6-10H,3-5,11H2,1-2H3,(H,14,16). The van der Waals surface area contributed by atoms with Crippen molar-refractivity contribution in [1.82, 2.24) is 5.32 Å². The van der Waals surface area contributed by atoms with E-state index in [0.29, 0.717) is 0 Å². The van der Waals surface area contributed by atoms with Gasteiger partial charge in [0.15, 0.2) is 5.11 Å². The second-order valence-corrected chi connectivity index (χ2v) is 4.05. The molecule has 88 valence electrons. The van der Waals surface area contributed by atoms with Crippen LogP contribution in [0.4, 0.5) is 5.69 Å². The summed E-state index contributed by atoms with van der Waals surface area (Å²) in [5, 5.41) is 4.11. The second-order valence-electron chi connectivity index (χ2n) is 3.67. The molecule has 0 bridgehead atoms. The van der Waals surface area contributed by atoms with Gasteiger partial charge in [0.1, 0.15) is 0 Å². The van der Waals surface area contributed by atoms with Crippen molar-refractivity contribution < 1.29 is 0 Å². The lowest BCUT2D eigenvalue weighted by Crippen LogP contribution is -2.40. The van der Waals surface area contributed by atoms with Gasteiger partial charge in [0.05, 0.1) is 0 Å². The average molecular weight is 236 g/mol. The molecule has 0 aromatic heterocycles. The number of nitrogens with one attached hydrogen (secondary N) is 1. The maximum absolute atomic E-state index is 5.38. The second kappa shape index (κ2) is 7.23. The molecular formula is C13H20N2S. The van der Waals surface area contributed by atoms with Crippen LogP contribution in [-0.4, -0.2) is 18.2 Å². The Balaban J connectivity index is 2.57. The normalized spacial score (nSPS) is 9.88. The van der Waals surface area contributed by atoms with E-state index in [1.54, 1.807) is 0 Å². The minimum absolute atomic E-state index is 0.821. The summed E-state index contributed by atoms with van der Waals surface area (Å²) >= 11 is 5.38. The Morgan fingerprint density at radius 2 is 1.94 bits per heavy atom. The molecule has 2 nitrogen and oxygen atoms in total. The van der Waals surface area contributed by atoms with Gasteiger partial charge in [0.25, 0.3) is 0 Å². The van der Waals surface area contributed by atoms with E-state index in [1.165, 1.54) is 6.42 Å². The third-order valence-electron chi connectivity index (χ3n) is 2.44. The molecule has 0 atom stereocenters. The first-order valence-electron chi connectivity index (χ1n) is 5.90. The number of benzene rings is 1. The Morgan fingerprint density at radius 3 is 2.50 bits per heavy atom. The lowest BCUT2D eigenvalue weighted by atomic mass is 10.3. The smallest absolute Gasteiger partial charge is 0.173 e. The Kier molecular flexibility index (Phi) is 5.86. The van der Waals surface area contributed by atoms with Crippen LogP contribution in [0.5, 0.6) is 0 Å². The Labute approximate surface area is 104 Å². The van der Waals surface area contributed by atoms with Gasteiger partial charge in [-0.05, 0) is 37.7 Å². The molecule has 0 aliphatic rings. The SMILES string of the molecule is CCCCNC(=S)N(CC)c1ccccc1. The molecule has 1 aromatic carbocycles. The van der Waals surface area contributed by atoms with Crippen molar-refractivity contribution >= 4 is 23.0 Å². The summed E-state index contributed by atoms with van der Waals surface area (Å²) in [6.45, 7) is 6.14. The van der Waals surface area contributed by atoms with Crippen LogP contribution in [-0.2, 0) is 0 Å². The Bertz CT molecular complexity index is 311. The molecule has 0 aliphatic heterocycles. The molecule has 1 aromatic rings. The van der Waals surface area contributed by atoms with Crippen LogP contribution in [0.3, 0.4) is 0 Å². The number of para-hydroxylation sites is 1. The van der Waals surface area contributed by atoms with Gasteiger partial charge >= 0.3 is 0 Å². The van der Waals surface area contributed by atoms with E-state index >= 15 is 0 Å². The number of rotatable bonds is 5. The summed E-state index contributed by atoms with van der Waals surface area (Å²) in [5.41, 5.74) is 1.15. The zero-order valence-electron chi connectivity index (χ0n) is 10.1. The van der Waals surface area contributed by atoms with Crippen molar-refractivity contribution in [2.45, 2.75) is 26.7 Å². The van der Waals surface area contributed by atoms with E-state index in [1.807, 2.05) is 18.2 Å². The molecule has 0 fully saturated rings. The van der Waals surface area contributed by atoms with Gasteiger partial charge in [0.2, 0.25) is 0 Å². The first-order chi connectivity index (χ1) is 7.79. The molecule has 0 radical (unpaired) electrons. The van der Waals surface area contributed by atoms with Gasteiger partial charge in [-0.25, -0.2) is 0 Å². The molecule has 0 amide bonds. The highest BCUT2D eigenvalue weighted by Crippen LogP contribution is 2.12. The quantitative estimate of drug-likeness (QED) is 0.624. The monoisotopic (exact) mass is 236 g/mol. The average Bonchev–Trinajstić information content (AvgIpc) is 2.32. The van der Waals surface area contributed by atoms with Crippen molar-refractivity contribution in [1.29, 1.82) is 0 Å². The summed E-state index contributed by atoms with van der Waals surface area (Å²) < 4.78 is 0. The predicted molar refractivity (Wildman–Crippen MR) is 75.0 cm³/mol. The van der Waals surface area contributed by atoms with Gasteiger partial charge in [0, 0.05) is 18.8 Å². The van der Waals surface area contributed by atoms with E-state index in [2.05, 4.69) is 36.2 Å². The van der Waals surface area contributed by atoms with Crippen LogP contribution >= 0.6 is 12.2 Å². The highest BCUT2D eigenvalue weighted by Gasteiger charge is 2.08. The lowest BCUT2D eigenvalue weighted by Gasteiger charge is -2.24. The highest BCUT2D eigenvalue weighted by atomic mass is 32.1. The number of hydrogen-bond donors (Lipinski definition) is 1. The van der Waals surface area contributed by atoms with Crippen LogP contribution in [0.2, 0.25) is 0 Å². The minimum Gasteiger partial charge on any atom is -0.362 e. The van der Waals surface area contributed by atoms with E-state index in [-0.39, 0.29) is 0 Å². The van der Waals surface area contributed by atoms with E-state index < -0.39 is 0 Å².